The molecule has 0 bridgehead atoms. The molecule has 9 heteroatoms. The maximum Gasteiger partial charge on any atom is 0.251 e. The lowest BCUT2D eigenvalue weighted by Crippen LogP contribution is -2.36. The first-order valence-electron chi connectivity index (χ1n) is 11.5. The summed E-state index contributed by atoms with van der Waals surface area (Å²) in [6, 6.07) is 11.9. The zero-order valence-electron chi connectivity index (χ0n) is 18.4. The number of carbonyl (C=O) groups is 1. The van der Waals surface area contributed by atoms with Gasteiger partial charge in [0, 0.05) is 36.3 Å². The van der Waals surface area contributed by atoms with Crippen LogP contribution in [0.3, 0.4) is 0 Å². The van der Waals surface area contributed by atoms with E-state index in [1.807, 2.05) is 24.3 Å². The van der Waals surface area contributed by atoms with Gasteiger partial charge in [0.2, 0.25) is 0 Å². The number of aromatic nitrogens is 4. The molecule has 6 rings (SSSR count). The molecule has 2 fully saturated rings. The van der Waals surface area contributed by atoms with Crippen LogP contribution in [0.5, 0.6) is 0 Å². The second-order valence-electron chi connectivity index (χ2n) is 8.79. The van der Waals surface area contributed by atoms with Crippen LogP contribution in [0.2, 0.25) is 0 Å². The molecule has 9 nitrogen and oxygen atoms in total. The Morgan fingerprint density at radius 1 is 1.15 bits per heavy atom. The predicted molar refractivity (Wildman–Crippen MR) is 128 cm³/mol. The Morgan fingerprint density at radius 3 is 2.91 bits per heavy atom. The molecule has 2 saturated heterocycles. The number of imidazole rings is 1. The molecule has 170 valence electrons. The minimum atomic E-state index is -0.0595. The molecular weight excluding hydrogens is 418 g/mol. The average molecular weight is 446 g/mol. The van der Waals surface area contributed by atoms with Crippen LogP contribution in [0, 0.1) is 5.92 Å². The highest BCUT2D eigenvalue weighted by atomic mass is 16.5. The molecule has 33 heavy (non-hydrogen) atoms. The summed E-state index contributed by atoms with van der Waals surface area (Å²) in [5.41, 5.74) is 5.22. The third-order valence-electron chi connectivity index (χ3n) is 6.60. The van der Waals surface area contributed by atoms with Gasteiger partial charge in [-0.2, -0.15) is 5.10 Å². The smallest absolute Gasteiger partial charge is 0.251 e. The molecule has 0 spiro atoms. The van der Waals surface area contributed by atoms with E-state index in [2.05, 4.69) is 42.8 Å². The van der Waals surface area contributed by atoms with Gasteiger partial charge in [-0.3, -0.25) is 9.89 Å². The van der Waals surface area contributed by atoms with Gasteiger partial charge in [-0.25, -0.2) is 4.98 Å². The van der Waals surface area contributed by atoms with Gasteiger partial charge in [0.1, 0.15) is 5.69 Å². The van der Waals surface area contributed by atoms with Gasteiger partial charge in [0.25, 0.3) is 5.91 Å². The van der Waals surface area contributed by atoms with E-state index in [1.165, 1.54) is 0 Å². The van der Waals surface area contributed by atoms with Crippen LogP contribution < -0.4 is 15.5 Å². The summed E-state index contributed by atoms with van der Waals surface area (Å²) in [5.74, 6) is 1.13. The number of amides is 1. The van der Waals surface area contributed by atoms with Gasteiger partial charge >= 0.3 is 0 Å². The quantitative estimate of drug-likeness (QED) is 0.375. The number of benzene rings is 2. The van der Waals surface area contributed by atoms with Gasteiger partial charge in [0.05, 0.1) is 29.8 Å². The minimum absolute atomic E-state index is 0.0595. The van der Waals surface area contributed by atoms with E-state index in [4.69, 9.17) is 9.72 Å². The predicted octanol–water partition coefficient (Wildman–Crippen LogP) is 2.28. The average Bonchev–Trinajstić information content (AvgIpc) is 3.61. The van der Waals surface area contributed by atoms with Gasteiger partial charge in [0.15, 0.2) is 5.82 Å². The van der Waals surface area contributed by atoms with Gasteiger partial charge in [-0.15, -0.1) is 0 Å². The highest BCUT2D eigenvalue weighted by Gasteiger charge is 2.18. The molecule has 4 aromatic rings. The number of H-pyrrole nitrogens is 2. The third-order valence-corrected chi connectivity index (χ3v) is 6.60. The Hall–Kier alpha value is -3.43. The summed E-state index contributed by atoms with van der Waals surface area (Å²) in [7, 11) is 0. The molecule has 4 heterocycles. The molecule has 1 amide bonds. The number of hydrogen-bond acceptors (Lipinski definition) is 6. The lowest BCUT2D eigenvalue weighted by molar-refractivity contribution is 0.0948. The van der Waals surface area contributed by atoms with Crippen molar-refractivity contribution in [1.82, 2.24) is 30.8 Å². The van der Waals surface area contributed by atoms with E-state index in [9.17, 15) is 4.79 Å². The molecule has 0 saturated carbocycles. The van der Waals surface area contributed by atoms with Crippen LogP contribution >= 0.6 is 0 Å². The number of morpholine rings is 1. The van der Waals surface area contributed by atoms with Crippen molar-refractivity contribution in [2.45, 2.75) is 6.42 Å². The Balaban J connectivity index is 1.28. The molecule has 2 aromatic carbocycles. The van der Waals surface area contributed by atoms with Gasteiger partial charge < -0.3 is 25.3 Å². The van der Waals surface area contributed by atoms with Crippen LogP contribution in [0.4, 0.5) is 5.69 Å². The van der Waals surface area contributed by atoms with Crippen molar-refractivity contribution in [2.75, 3.05) is 50.8 Å². The summed E-state index contributed by atoms with van der Waals surface area (Å²) in [4.78, 5) is 23.3. The number of nitrogens with one attached hydrogen (secondary N) is 4. The topological polar surface area (TPSA) is 111 Å². The molecular formula is C24H27N7O2. The second-order valence-corrected chi connectivity index (χ2v) is 8.79. The standard InChI is InChI=1S/C24H27N7O2/c32-24(26-14-15-5-6-25-13-15)16-1-3-19-18(11-16)22(30-29-19)23-27-20-4-2-17(12-21(20)28-23)31-7-9-33-10-8-31/h1-4,11-12,15,25H,5-10,13-14H2,(H,26,32)(H,27,28)(H,29,30)/t15-/m0/s1. The molecule has 0 unspecified atom stereocenters. The Bertz CT molecular complexity index is 1300. The zero-order chi connectivity index (χ0) is 22.2. The number of rotatable bonds is 5. The number of ether oxygens (including phenoxy) is 1. The van der Waals surface area contributed by atoms with Crippen LogP contribution in [0.25, 0.3) is 33.5 Å². The molecule has 0 aliphatic carbocycles. The van der Waals surface area contributed by atoms with Crippen molar-refractivity contribution >= 4 is 33.5 Å². The van der Waals surface area contributed by atoms with Crippen LogP contribution in [0.1, 0.15) is 16.8 Å². The van der Waals surface area contributed by atoms with Crippen molar-refractivity contribution < 1.29 is 9.53 Å². The maximum absolute atomic E-state index is 12.7. The van der Waals surface area contributed by atoms with E-state index >= 15 is 0 Å². The number of nitrogens with zero attached hydrogens (tertiary/aromatic N) is 3. The molecule has 2 aliphatic rings. The first-order chi connectivity index (χ1) is 16.2. The lowest BCUT2D eigenvalue weighted by atomic mass is 10.1. The summed E-state index contributed by atoms with van der Waals surface area (Å²) in [6.45, 7) is 5.95. The first-order valence-corrected chi connectivity index (χ1v) is 11.5. The SMILES string of the molecule is O=C(NC[C@H]1CCNC1)c1ccc2[nH]nc(-c3nc4ccc(N5CCOCC5)cc4[nH]3)c2c1. The van der Waals surface area contributed by atoms with Crippen molar-refractivity contribution in [3.05, 3.63) is 42.0 Å². The zero-order valence-corrected chi connectivity index (χ0v) is 18.4. The molecule has 0 radical (unpaired) electrons. The molecule has 2 aromatic heterocycles. The number of carbonyl (C=O) groups excluding carboxylic acids is 1. The van der Waals surface area contributed by atoms with Gasteiger partial charge in [-0.1, -0.05) is 0 Å². The summed E-state index contributed by atoms with van der Waals surface area (Å²) in [6.07, 6.45) is 1.10. The number of anilines is 1. The molecule has 4 N–H and O–H groups in total. The molecule has 2 aliphatic heterocycles. The fourth-order valence-electron chi connectivity index (χ4n) is 4.69. The number of hydrogen-bond donors (Lipinski definition) is 4. The van der Waals surface area contributed by atoms with Crippen LogP contribution in [-0.4, -0.2) is 72.0 Å². The lowest BCUT2D eigenvalue weighted by Gasteiger charge is -2.28. The highest BCUT2D eigenvalue weighted by Crippen LogP contribution is 2.29. The monoisotopic (exact) mass is 445 g/mol. The van der Waals surface area contributed by atoms with E-state index in [1.54, 1.807) is 0 Å². The van der Waals surface area contributed by atoms with E-state index < -0.39 is 0 Å². The Morgan fingerprint density at radius 2 is 2.06 bits per heavy atom. The fraction of sp³-hybridized carbons (Fsp3) is 0.375. The summed E-state index contributed by atoms with van der Waals surface area (Å²) < 4.78 is 5.47. The van der Waals surface area contributed by atoms with E-state index in [0.29, 0.717) is 29.5 Å². The fourth-order valence-corrected chi connectivity index (χ4v) is 4.69. The maximum atomic E-state index is 12.7. The van der Waals surface area contributed by atoms with Crippen molar-refractivity contribution in [3.8, 4) is 11.5 Å². The Kier molecular flexibility index (Phi) is 5.20. The first kappa shape index (κ1) is 20.2. The third kappa shape index (κ3) is 3.94. The van der Waals surface area contributed by atoms with Crippen molar-refractivity contribution in [2.24, 2.45) is 5.92 Å². The largest absolute Gasteiger partial charge is 0.378 e. The Labute approximate surface area is 190 Å². The van der Waals surface area contributed by atoms with E-state index in [0.717, 1.165) is 73.4 Å². The van der Waals surface area contributed by atoms with Crippen LogP contribution in [-0.2, 0) is 4.74 Å². The second kappa shape index (κ2) is 8.49. The van der Waals surface area contributed by atoms with Crippen molar-refractivity contribution in [3.63, 3.8) is 0 Å². The number of aromatic amines is 2. The van der Waals surface area contributed by atoms with Crippen molar-refractivity contribution in [1.29, 1.82) is 0 Å². The normalized spacial score (nSPS) is 18.9. The van der Waals surface area contributed by atoms with Gasteiger partial charge in [-0.05, 0) is 61.8 Å². The highest BCUT2D eigenvalue weighted by molar-refractivity contribution is 6.01. The molecule has 1 atom stereocenters. The minimum Gasteiger partial charge on any atom is -0.378 e. The van der Waals surface area contributed by atoms with E-state index in [-0.39, 0.29) is 5.91 Å². The summed E-state index contributed by atoms with van der Waals surface area (Å²) in [5, 5.41) is 14.8. The van der Waals surface area contributed by atoms with Crippen LogP contribution in [0.15, 0.2) is 36.4 Å². The summed E-state index contributed by atoms with van der Waals surface area (Å²) >= 11 is 0. The number of fused-ring (bicyclic) bond motifs is 2.